The number of hydrogen-bond donors (Lipinski definition) is 1. The van der Waals surface area contributed by atoms with Crippen molar-refractivity contribution >= 4 is 5.69 Å². The van der Waals surface area contributed by atoms with Crippen molar-refractivity contribution in [3.63, 3.8) is 0 Å². The van der Waals surface area contributed by atoms with Gasteiger partial charge in [-0.2, -0.15) is 0 Å². The van der Waals surface area contributed by atoms with E-state index in [4.69, 9.17) is 5.73 Å². The van der Waals surface area contributed by atoms with Crippen LogP contribution in [-0.2, 0) is 13.1 Å². The fourth-order valence-corrected chi connectivity index (χ4v) is 1.62. The number of rotatable bonds is 3. The second-order valence-electron chi connectivity index (χ2n) is 4.01. The zero-order valence-electron chi connectivity index (χ0n) is 8.77. The molecular formula is C10H15N3O2. The molecule has 1 fully saturated rings. The Morgan fingerprint density at radius 2 is 2.13 bits per heavy atom. The minimum absolute atomic E-state index is 0.150. The molecule has 0 unspecified atom stereocenters. The van der Waals surface area contributed by atoms with Crippen LogP contribution in [0.1, 0.15) is 19.8 Å². The normalized spacial score (nSPS) is 15.5. The molecule has 0 aromatic carbocycles. The van der Waals surface area contributed by atoms with Crippen LogP contribution in [0.5, 0.6) is 0 Å². The van der Waals surface area contributed by atoms with Crippen LogP contribution in [0.15, 0.2) is 15.8 Å². The molecule has 2 rings (SSSR count). The summed E-state index contributed by atoms with van der Waals surface area (Å²) in [7, 11) is 0. The molecule has 0 atom stereocenters. The van der Waals surface area contributed by atoms with Crippen molar-refractivity contribution in [2.24, 2.45) is 5.92 Å². The molecule has 1 aromatic rings. The Morgan fingerprint density at radius 3 is 2.67 bits per heavy atom. The lowest BCUT2D eigenvalue weighted by Gasteiger charge is -2.08. The Hall–Kier alpha value is -1.52. The molecule has 0 spiro atoms. The molecule has 2 N–H and O–H groups in total. The van der Waals surface area contributed by atoms with Gasteiger partial charge in [-0.15, -0.1) is 0 Å². The molecule has 0 radical (unpaired) electrons. The minimum Gasteiger partial charge on any atom is -0.393 e. The summed E-state index contributed by atoms with van der Waals surface area (Å²) in [5.74, 6) is 0.488. The molecule has 1 aromatic heterocycles. The lowest BCUT2D eigenvalue weighted by atomic mass is 10.4. The van der Waals surface area contributed by atoms with Crippen LogP contribution < -0.4 is 17.0 Å². The van der Waals surface area contributed by atoms with Gasteiger partial charge in [-0.3, -0.25) is 13.9 Å². The molecule has 5 nitrogen and oxygen atoms in total. The topological polar surface area (TPSA) is 70.0 Å². The molecule has 1 aliphatic rings. The Labute approximate surface area is 87.1 Å². The van der Waals surface area contributed by atoms with Crippen molar-refractivity contribution in [1.82, 2.24) is 9.13 Å². The maximum absolute atomic E-state index is 11.8. The van der Waals surface area contributed by atoms with Gasteiger partial charge < -0.3 is 5.73 Å². The second-order valence-corrected chi connectivity index (χ2v) is 4.01. The van der Waals surface area contributed by atoms with Gasteiger partial charge in [0.1, 0.15) is 5.69 Å². The van der Waals surface area contributed by atoms with Gasteiger partial charge in [0, 0.05) is 19.3 Å². The molecule has 1 heterocycles. The van der Waals surface area contributed by atoms with Crippen LogP contribution >= 0.6 is 0 Å². The highest BCUT2D eigenvalue weighted by molar-refractivity contribution is 5.30. The first-order chi connectivity index (χ1) is 7.13. The van der Waals surface area contributed by atoms with E-state index in [1.54, 1.807) is 0 Å². The van der Waals surface area contributed by atoms with E-state index in [0.717, 1.165) is 12.8 Å². The van der Waals surface area contributed by atoms with Crippen LogP contribution in [0.4, 0.5) is 5.69 Å². The summed E-state index contributed by atoms with van der Waals surface area (Å²) in [6, 6.07) is 0. The Bertz CT molecular complexity index is 482. The molecule has 0 saturated heterocycles. The van der Waals surface area contributed by atoms with Crippen molar-refractivity contribution in [2.45, 2.75) is 32.9 Å². The highest BCUT2D eigenvalue weighted by Gasteiger charge is 2.23. The summed E-state index contributed by atoms with van der Waals surface area (Å²) < 4.78 is 2.73. The van der Waals surface area contributed by atoms with Crippen LogP contribution in [0.25, 0.3) is 0 Å². The summed E-state index contributed by atoms with van der Waals surface area (Å²) in [6.07, 6.45) is 3.63. The van der Waals surface area contributed by atoms with Crippen molar-refractivity contribution in [3.8, 4) is 0 Å². The molecule has 5 heteroatoms. The van der Waals surface area contributed by atoms with Crippen LogP contribution in [0, 0.1) is 5.92 Å². The van der Waals surface area contributed by atoms with E-state index in [1.807, 2.05) is 6.92 Å². The third-order valence-corrected chi connectivity index (χ3v) is 2.74. The Kier molecular flexibility index (Phi) is 2.38. The van der Waals surface area contributed by atoms with Crippen molar-refractivity contribution in [2.75, 3.05) is 5.73 Å². The van der Waals surface area contributed by atoms with Crippen molar-refractivity contribution < 1.29 is 0 Å². The van der Waals surface area contributed by atoms with Gasteiger partial charge in [-0.05, 0) is 25.7 Å². The van der Waals surface area contributed by atoms with Gasteiger partial charge in [0.15, 0.2) is 0 Å². The number of nitrogens with zero attached hydrogens (tertiary/aromatic N) is 2. The Morgan fingerprint density at radius 1 is 1.47 bits per heavy atom. The zero-order chi connectivity index (χ0) is 11.0. The quantitative estimate of drug-likeness (QED) is 0.763. The first kappa shape index (κ1) is 10.0. The number of anilines is 1. The molecule has 1 aliphatic carbocycles. The Balaban J connectivity index is 2.53. The molecular weight excluding hydrogens is 194 g/mol. The number of nitrogen functional groups attached to an aromatic ring is 1. The lowest BCUT2D eigenvalue weighted by molar-refractivity contribution is 0.535. The fourth-order valence-electron chi connectivity index (χ4n) is 1.62. The molecule has 0 bridgehead atoms. The average Bonchev–Trinajstić information content (AvgIpc) is 3.02. The maximum Gasteiger partial charge on any atom is 0.331 e. The van der Waals surface area contributed by atoms with Crippen LogP contribution in [0.3, 0.4) is 0 Å². The van der Waals surface area contributed by atoms with E-state index >= 15 is 0 Å². The number of nitrogens with two attached hydrogens (primary N) is 1. The van der Waals surface area contributed by atoms with Gasteiger partial charge in [-0.25, -0.2) is 4.79 Å². The molecule has 15 heavy (non-hydrogen) atoms. The lowest BCUT2D eigenvalue weighted by Crippen LogP contribution is -2.40. The number of aryl methyl sites for hydroxylation is 1. The van der Waals surface area contributed by atoms with E-state index in [-0.39, 0.29) is 16.9 Å². The summed E-state index contributed by atoms with van der Waals surface area (Å²) in [5, 5.41) is 0. The highest BCUT2D eigenvalue weighted by Crippen LogP contribution is 2.29. The fraction of sp³-hybridized carbons (Fsp3) is 0.600. The predicted octanol–water partition coefficient (Wildman–Crippen LogP) is 0.0221. The highest BCUT2D eigenvalue weighted by atomic mass is 16.2. The van der Waals surface area contributed by atoms with E-state index in [2.05, 4.69) is 0 Å². The zero-order valence-corrected chi connectivity index (χ0v) is 8.77. The first-order valence-corrected chi connectivity index (χ1v) is 5.23. The minimum atomic E-state index is -0.350. The second kappa shape index (κ2) is 3.56. The van der Waals surface area contributed by atoms with Gasteiger partial charge in [0.25, 0.3) is 5.56 Å². The van der Waals surface area contributed by atoms with Gasteiger partial charge in [0.05, 0.1) is 0 Å². The summed E-state index contributed by atoms with van der Waals surface area (Å²) in [6.45, 7) is 2.91. The van der Waals surface area contributed by atoms with Crippen LogP contribution in [0.2, 0.25) is 0 Å². The number of aromatic nitrogens is 2. The van der Waals surface area contributed by atoms with Crippen LogP contribution in [-0.4, -0.2) is 9.13 Å². The molecule has 0 aliphatic heterocycles. The number of hydrogen-bond acceptors (Lipinski definition) is 3. The van der Waals surface area contributed by atoms with Gasteiger partial charge >= 0.3 is 5.69 Å². The van der Waals surface area contributed by atoms with E-state index in [1.165, 1.54) is 15.3 Å². The van der Waals surface area contributed by atoms with Gasteiger partial charge in [0.2, 0.25) is 0 Å². The summed E-state index contributed by atoms with van der Waals surface area (Å²) >= 11 is 0. The van der Waals surface area contributed by atoms with E-state index in [9.17, 15) is 9.59 Å². The third-order valence-electron chi connectivity index (χ3n) is 2.74. The summed E-state index contributed by atoms with van der Waals surface area (Å²) in [5.41, 5.74) is 5.12. The largest absolute Gasteiger partial charge is 0.393 e. The monoisotopic (exact) mass is 209 g/mol. The smallest absolute Gasteiger partial charge is 0.331 e. The summed E-state index contributed by atoms with van der Waals surface area (Å²) in [4.78, 5) is 23.5. The first-order valence-electron chi connectivity index (χ1n) is 5.23. The van der Waals surface area contributed by atoms with E-state index < -0.39 is 0 Å². The SMILES string of the molecule is CCn1cc(N)c(=O)n(CC2CC2)c1=O. The third kappa shape index (κ3) is 1.82. The predicted molar refractivity (Wildman–Crippen MR) is 57.8 cm³/mol. The standard InChI is InChI=1S/C10H15N3O2/c1-2-12-6-8(11)9(14)13(10(12)15)5-7-3-4-7/h6-7H,2-5,11H2,1H3. The maximum atomic E-state index is 11.8. The van der Waals surface area contributed by atoms with Crippen molar-refractivity contribution in [1.29, 1.82) is 0 Å². The molecule has 0 amide bonds. The molecule has 1 saturated carbocycles. The molecule has 82 valence electrons. The average molecular weight is 209 g/mol. The van der Waals surface area contributed by atoms with E-state index in [0.29, 0.717) is 19.0 Å². The van der Waals surface area contributed by atoms with Crippen molar-refractivity contribution in [3.05, 3.63) is 27.0 Å². The van der Waals surface area contributed by atoms with Gasteiger partial charge in [-0.1, -0.05) is 0 Å².